The number of fused-ring (bicyclic) bond motifs is 1. The van der Waals surface area contributed by atoms with E-state index in [0.29, 0.717) is 39.5 Å². The van der Waals surface area contributed by atoms with Crippen molar-refractivity contribution in [1.82, 2.24) is 0 Å². The van der Waals surface area contributed by atoms with E-state index in [1.165, 1.54) is 0 Å². The second kappa shape index (κ2) is 11.2. The number of ether oxygens (including phenoxy) is 1. The first-order valence-corrected chi connectivity index (χ1v) is 11.5. The fraction of sp³-hybridized carbons (Fsp3) is 0.167. The van der Waals surface area contributed by atoms with Crippen LogP contribution in [0.15, 0.2) is 75.7 Å². The van der Waals surface area contributed by atoms with Crippen LogP contribution in [-0.4, -0.2) is 22.3 Å². The highest BCUT2D eigenvalue weighted by atomic mass is 79.9. The Bertz CT molecular complexity index is 1160. The van der Waals surface area contributed by atoms with Crippen LogP contribution < -0.4 is 5.32 Å². The molecule has 8 heteroatoms. The van der Waals surface area contributed by atoms with Crippen LogP contribution in [0.4, 0.5) is 10.5 Å². The molecule has 3 aromatic carbocycles. The van der Waals surface area contributed by atoms with Crippen molar-refractivity contribution in [2.75, 3.05) is 5.32 Å². The van der Waals surface area contributed by atoms with Crippen LogP contribution in [0.3, 0.4) is 0 Å². The van der Waals surface area contributed by atoms with E-state index < -0.39 is 18.2 Å². The average molecular weight is 563 g/mol. The summed E-state index contributed by atoms with van der Waals surface area (Å²) in [7, 11) is 0. The van der Waals surface area contributed by atoms with Crippen molar-refractivity contribution in [2.24, 2.45) is 0 Å². The average Bonchev–Trinajstić information content (AvgIpc) is 2.75. The Morgan fingerprint density at radius 1 is 1.09 bits per heavy atom. The van der Waals surface area contributed by atoms with Crippen molar-refractivity contribution in [3.8, 4) is 5.75 Å². The number of allylic oxidation sites excluding steroid dienone is 1. The zero-order valence-electron chi connectivity index (χ0n) is 16.9. The number of nitrogens with one attached hydrogen (secondary N) is 1. The van der Waals surface area contributed by atoms with Crippen LogP contribution in [0.2, 0.25) is 0 Å². The molecule has 0 saturated carbocycles. The minimum absolute atomic E-state index is 0.0164. The lowest BCUT2D eigenvalue weighted by atomic mass is 10.0. The molecule has 32 heavy (non-hydrogen) atoms. The van der Waals surface area contributed by atoms with Crippen molar-refractivity contribution in [2.45, 2.75) is 25.4 Å². The molecule has 0 heterocycles. The van der Waals surface area contributed by atoms with Crippen LogP contribution in [0.5, 0.6) is 5.75 Å². The number of anilines is 1. The Labute approximate surface area is 202 Å². The number of unbranched alkanes of at least 4 members (excludes halogenated alkanes) is 1. The number of carboxylic acid groups (broad SMARTS) is 1. The van der Waals surface area contributed by atoms with Gasteiger partial charge in [0.25, 0.3) is 0 Å². The molecule has 0 unspecified atom stereocenters. The van der Waals surface area contributed by atoms with Gasteiger partial charge in [-0.15, -0.1) is 0 Å². The molecule has 0 aliphatic rings. The molecule has 3 aromatic rings. The quantitative estimate of drug-likeness (QED) is 0.200. The highest BCUT2D eigenvalue weighted by Gasteiger charge is 2.22. The van der Waals surface area contributed by atoms with E-state index >= 15 is 0 Å². The van der Waals surface area contributed by atoms with Gasteiger partial charge in [-0.3, -0.25) is 5.32 Å². The maximum atomic E-state index is 12.8. The number of hydrogen-bond donors (Lipinski definition) is 3. The first-order valence-electron chi connectivity index (χ1n) is 9.88. The Hall–Kier alpha value is -2.84. The van der Waals surface area contributed by atoms with E-state index in [0.717, 1.165) is 16.8 Å². The Kier molecular flexibility index (Phi) is 8.30. The number of aliphatic carboxylic acids is 1. The van der Waals surface area contributed by atoms with Crippen molar-refractivity contribution in [3.63, 3.8) is 0 Å². The molecule has 0 spiro atoms. The molecule has 0 aliphatic heterocycles. The van der Waals surface area contributed by atoms with Crippen LogP contribution in [0.25, 0.3) is 10.8 Å². The number of hydrogen-bond acceptors (Lipinski definition) is 4. The summed E-state index contributed by atoms with van der Waals surface area (Å²) in [5, 5.41) is 23.9. The number of rotatable bonds is 8. The van der Waals surface area contributed by atoms with Crippen LogP contribution >= 0.6 is 31.9 Å². The van der Waals surface area contributed by atoms with Gasteiger partial charge in [-0.05, 0) is 58.8 Å². The molecular formula is C24H21Br2NO5. The smallest absolute Gasteiger partial charge is 0.412 e. The molecule has 0 fully saturated rings. The minimum atomic E-state index is -1.01. The number of carbonyl (C=O) groups excluding carboxylic acids is 1. The number of halogens is 2. The Morgan fingerprint density at radius 3 is 2.62 bits per heavy atom. The SMILES string of the molecule is O=C(O)/C=C/CCC[C@@H](OC(=O)Nc1cccc2ccccc12)c1cc(Br)cc(Br)c1O. The van der Waals surface area contributed by atoms with Gasteiger partial charge in [0.2, 0.25) is 0 Å². The number of carboxylic acids is 1. The maximum absolute atomic E-state index is 12.8. The third-order valence-corrected chi connectivity index (χ3v) is 5.84. The number of phenolic OH excluding ortho intramolecular Hbond substituents is 1. The zero-order valence-corrected chi connectivity index (χ0v) is 20.1. The summed E-state index contributed by atoms with van der Waals surface area (Å²) in [6, 6.07) is 16.7. The molecule has 1 amide bonds. The molecule has 0 aromatic heterocycles. The second-order valence-corrected chi connectivity index (χ2v) is 8.81. The largest absolute Gasteiger partial charge is 0.506 e. The van der Waals surface area contributed by atoms with Crippen LogP contribution in [0.1, 0.15) is 30.9 Å². The van der Waals surface area contributed by atoms with Gasteiger partial charge >= 0.3 is 12.1 Å². The van der Waals surface area contributed by atoms with Crippen LogP contribution in [0, 0.1) is 0 Å². The fourth-order valence-corrected chi connectivity index (χ4v) is 4.58. The molecule has 0 saturated heterocycles. The summed E-state index contributed by atoms with van der Waals surface area (Å²) in [4.78, 5) is 23.4. The van der Waals surface area contributed by atoms with Gasteiger partial charge in [0, 0.05) is 21.5 Å². The fourth-order valence-electron chi connectivity index (χ4n) is 3.32. The zero-order chi connectivity index (χ0) is 23.1. The van der Waals surface area contributed by atoms with Gasteiger partial charge in [0.05, 0.1) is 10.2 Å². The summed E-state index contributed by atoms with van der Waals surface area (Å²) < 4.78 is 6.90. The molecule has 0 aliphatic carbocycles. The molecular weight excluding hydrogens is 542 g/mol. The van der Waals surface area contributed by atoms with Gasteiger partial charge < -0.3 is 14.9 Å². The van der Waals surface area contributed by atoms with Crippen molar-refractivity contribution >= 4 is 60.4 Å². The summed E-state index contributed by atoms with van der Waals surface area (Å²) in [6.45, 7) is 0. The van der Waals surface area contributed by atoms with Gasteiger partial charge in [0.1, 0.15) is 11.9 Å². The monoisotopic (exact) mass is 561 g/mol. The third kappa shape index (κ3) is 6.34. The topological polar surface area (TPSA) is 95.9 Å². The molecule has 3 N–H and O–H groups in total. The second-order valence-electron chi connectivity index (χ2n) is 7.04. The first kappa shape index (κ1) is 23.8. The van der Waals surface area contributed by atoms with Gasteiger partial charge in [-0.1, -0.05) is 58.4 Å². The van der Waals surface area contributed by atoms with E-state index in [9.17, 15) is 14.7 Å². The summed E-state index contributed by atoms with van der Waals surface area (Å²) in [6.07, 6.45) is 2.68. The van der Waals surface area contributed by atoms with Crippen molar-refractivity contribution in [1.29, 1.82) is 0 Å². The van der Waals surface area contributed by atoms with Crippen molar-refractivity contribution < 1.29 is 24.5 Å². The molecule has 3 rings (SSSR count). The van der Waals surface area contributed by atoms with E-state index in [-0.39, 0.29) is 5.75 Å². The van der Waals surface area contributed by atoms with Gasteiger partial charge in [-0.2, -0.15) is 0 Å². The highest BCUT2D eigenvalue weighted by Crippen LogP contribution is 2.38. The number of aromatic hydroxyl groups is 1. The molecule has 0 bridgehead atoms. The van der Waals surface area contributed by atoms with Crippen molar-refractivity contribution in [3.05, 3.63) is 81.3 Å². The summed E-state index contributed by atoms with van der Waals surface area (Å²) in [5.41, 5.74) is 1.07. The first-order chi connectivity index (χ1) is 15.3. The Balaban J connectivity index is 1.79. The maximum Gasteiger partial charge on any atom is 0.412 e. The molecule has 0 radical (unpaired) electrons. The lowest BCUT2D eigenvalue weighted by molar-refractivity contribution is -0.131. The summed E-state index contributed by atoms with van der Waals surface area (Å²) in [5.74, 6) is -1.03. The van der Waals surface area contributed by atoms with E-state index in [1.54, 1.807) is 24.3 Å². The lowest BCUT2D eigenvalue weighted by Gasteiger charge is -2.21. The minimum Gasteiger partial charge on any atom is -0.506 e. The van der Waals surface area contributed by atoms with Crippen LogP contribution in [-0.2, 0) is 9.53 Å². The Morgan fingerprint density at radius 2 is 1.84 bits per heavy atom. The predicted molar refractivity (Wildman–Crippen MR) is 131 cm³/mol. The normalized spacial score (nSPS) is 12.1. The highest BCUT2D eigenvalue weighted by molar-refractivity contribution is 9.11. The number of carbonyl (C=O) groups is 2. The van der Waals surface area contributed by atoms with E-state index in [1.807, 2.05) is 36.4 Å². The number of phenols is 1. The van der Waals surface area contributed by atoms with Gasteiger partial charge in [-0.25, -0.2) is 9.59 Å². The van der Waals surface area contributed by atoms with E-state index in [4.69, 9.17) is 9.84 Å². The third-order valence-electron chi connectivity index (χ3n) is 4.78. The summed E-state index contributed by atoms with van der Waals surface area (Å²) >= 11 is 6.71. The lowest BCUT2D eigenvalue weighted by Crippen LogP contribution is -2.18. The number of amides is 1. The standard InChI is InChI=1S/C24H21Br2NO5/c25-16-13-18(23(30)19(26)14-16)21(11-2-1-3-12-22(28)29)32-24(31)27-20-10-6-8-15-7-4-5-9-17(15)20/h3-10,12-14,21,30H,1-2,11H2,(H,27,31)(H,28,29)/b12-3+/t21-/m1/s1. The molecule has 6 nitrogen and oxygen atoms in total. The van der Waals surface area contributed by atoms with E-state index in [2.05, 4.69) is 37.2 Å². The molecule has 1 atom stereocenters. The predicted octanol–water partition coefficient (Wildman–Crippen LogP) is 7.17. The number of benzene rings is 3. The van der Waals surface area contributed by atoms with Gasteiger partial charge in [0.15, 0.2) is 0 Å². The molecule has 166 valence electrons.